The molecule has 0 aromatic carbocycles. The SMILES string of the molecule is CON=C(C(=O)N[C@@H]1C(=O)N2C(C(=O)O)=C(CSc3nc(=O)c(=O)[nH]n3C)CS[C@@H]12)c1ccco1. The van der Waals surface area contributed by atoms with Crippen LogP contribution >= 0.6 is 23.5 Å². The van der Waals surface area contributed by atoms with Crippen LogP contribution in [0.2, 0.25) is 0 Å². The monoisotopic (exact) mass is 522 g/mol. The zero-order chi connectivity index (χ0) is 25.3. The molecule has 35 heavy (non-hydrogen) atoms. The van der Waals surface area contributed by atoms with E-state index >= 15 is 0 Å². The van der Waals surface area contributed by atoms with E-state index in [0.29, 0.717) is 5.57 Å². The van der Waals surface area contributed by atoms with Gasteiger partial charge in [0.2, 0.25) is 5.71 Å². The molecule has 2 atom stereocenters. The number of H-pyrrole nitrogens is 1. The second-order valence-electron chi connectivity index (χ2n) is 7.21. The van der Waals surface area contributed by atoms with E-state index in [0.717, 1.165) is 16.7 Å². The van der Waals surface area contributed by atoms with E-state index in [1.54, 1.807) is 6.07 Å². The highest BCUT2D eigenvalue weighted by Crippen LogP contribution is 2.41. The van der Waals surface area contributed by atoms with Crippen LogP contribution in [0.4, 0.5) is 0 Å². The summed E-state index contributed by atoms with van der Waals surface area (Å²) in [5.74, 6) is -2.11. The Bertz CT molecular complexity index is 1360. The third-order valence-corrected chi connectivity index (χ3v) is 7.47. The van der Waals surface area contributed by atoms with Crippen molar-refractivity contribution in [2.45, 2.75) is 16.6 Å². The number of nitrogens with one attached hydrogen (secondary N) is 2. The van der Waals surface area contributed by atoms with E-state index in [-0.39, 0.29) is 33.8 Å². The second kappa shape index (κ2) is 9.83. The molecule has 4 heterocycles. The Balaban J connectivity index is 1.51. The third kappa shape index (κ3) is 4.61. The molecular formula is C19H18N6O8S2. The lowest BCUT2D eigenvalue weighted by atomic mass is 10.0. The van der Waals surface area contributed by atoms with E-state index in [4.69, 9.17) is 9.25 Å². The smallest absolute Gasteiger partial charge is 0.352 e. The number of carboxylic acid groups (broad SMARTS) is 1. The molecule has 2 aromatic heterocycles. The first kappa shape index (κ1) is 24.3. The minimum Gasteiger partial charge on any atom is -0.477 e. The molecule has 0 aliphatic carbocycles. The molecule has 184 valence electrons. The van der Waals surface area contributed by atoms with Crippen molar-refractivity contribution in [2.75, 3.05) is 18.6 Å². The normalized spacial score (nSPS) is 19.8. The Labute approximate surface area is 204 Å². The number of furan rings is 1. The van der Waals surface area contributed by atoms with Crippen LogP contribution in [0.1, 0.15) is 5.76 Å². The number of aliphatic carboxylic acids is 1. The number of nitrogens with zero attached hydrogens (tertiary/aromatic N) is 4. The Morgan fingerprint density at radius 3 is 2.86 bits per heavy atom. The molecule has 0 saturated carbocycles. The van der Waals surface area contributed by atoms with Gasteiger partial charge in [-0.3, -0.25) is 33.9 Å². The first-order valence-corrected chi connectivity index (χ1v) is 11.9. The zero-order valence-corrected chi connectivity index (χ0v) is 19.8. The standard InChI is InChI=1S/C19H18N6O8S2/c1-24-19(21-14(27)15(28)22-24)35-7-8-6-34-17-11(16(29)25(17)12(8)18(30)31)20-13(26)10(23-32-2)9-4-3-5-33-9/h3-5,11,17H,6-7H2,1-2H3,(H,20,26)(H,22,28)(H,30,31)/t11-,17+/m1/s1. The molecule has 2 aromatic rings. The van der Waals surface area contributed by atoms with Gasteiger partial charge in [0, 0.05) is 18.6 Å². The van der Waals surface area contributed by atoms with Crippen molar-refractivity contribution in [1.29, 1.82) is 0 Å². The summed E-state index contributed by atoms with van der Waals surface area (Å²) in [5.41, 5.74) is -1.76. The molecule has 2 aliphatic heterocycles. The van der Waals surface area contributed by atoms with Crippen LogP contribution in [0.15, 0.2) is 54.0 Å². The van der Waals surface area contributed by atoms with E-state index in [1.165, 1.54) is 42.9 Å². The summed E-state index contributed by atoms with van der Waals surface area (Å²) in [4.78, 5) is 70.0. The quantitative estimate of drug-likeness (QED) is 0.126. The molecule has 1 saturated heterocycles. The fraction of sp³-hybridized carbons (Fsp3) is 0.316. The average Bonchev–Trinajstić information content (AvgIpc) is 3.36. The highest BCUT2D eigenvalue weighted by molar-refractivity contribution is 8.01. The maximum Gasteiger partial charge on any atom is 0.352 e. The average molecular weight is 523 g/mol. The van der Waals surface area contributed by atoms with Crippen LogP contribution in [0, 0.1) is 0 Å². The third-order valence-electron chi connectivity index (χ3n) is 5.01. The lowest BCUT2D eigenvalue weighted by molar-refractivity contribution is -0.150. The van der Waals surface area contributed by atoms with Crippen LogP contribution < -0.4 is 16.4 Å². The van der Waals surface area contributed by atoms with Crippen molar-refractivity contribution in [3.05, 3.63) is 56.1 Å². The van der Waals surface area contributed by atoms with Crippen LogP contribution in [0.3, 0.4) is 0 Å². The number of carboxylic acids is 1. The Morgan fingerprint density at radius 2 is 2.20 bits per heavy atom. The number of hydrogen-bond donors (Lipinski definition) is 3. The van der Waals surface area contributed by atoms with Crippen LogP contribution in [-0.4, -0.2) is 78.3 Å². The predicted octanol–water partition coefficient (Wildman–Crippen LogP) is -1.06. The van der Waals surface area contributed by atoms with Crippen molar-refractivity contribution in [3.63, 3.8) is 0 Å². The van der Waals surface area contributed by atoms with Gasteiger partial charge in [0.1, 0.15) is 24.2 Å². The maximum absolute atomic E-state index is 12.9. The maximum atomic E-state index is 12.9. The summed E-state index contributed by atoms with van der Waals surface area (Å²) in [5, 5.41) is 17.9. The predicted molar refractivity (Wildman–Crippen MR) is 123 cm³/mol. The molecule has 16 heteroatoms. The van der Waals surface area contributed by atoms with E-state index in [2.05, 4.69) is 20.6 Å². The number of rotatable bonds is 8. The number of aromatic nitrogens is 3. The lowest BCUT2D eigenvalue weighted by Gasteiger charge is -2.49. The van der Waals surface area contributed by atoms with Gasteiger partial charge >= 0.3 is 17.1 Å². The van der Waals surface area contributed by atoms with Gasteiger partial charge in [0.25, 0.3) is 11.8 Å². The number of oxime groups is 1. The fourth-order valence-electron chi connectivity index (χ4n) is 3.45. The van der Waals surface area contributed by atoms with Gasteiger partial charge in [0.15, 0.2) is 10.9 Å². The molecule has 0 spiro atoms. The number of β-lactam (4-membered cyclic amide) rings is 1. The molecule has 3 N–H and O–H groups in total. The van der Waals surface area contributed by atoms with E-state index < -0.39 is 40.3 Å². The summed E-state index contributed by atoms with van der Waals surface area (Å²) in [6.07, 6.45) is 1.35. The van der Waals surface area contributed by atoms with Gasteiger partial charge in [-0.25, -0.2) is 4.79 Å². The number of carbonyl (C=O) groups is 3. The second-order valence-corrected chi connectivity index (χ2v) is 9.25. The first-order valence-electron chi connectivity index (χ1n) is 9.89. The summed E-state index contributed by atoms with van der Waals surface area (Å²) in [7, 11) is 2.75. The Hall–Kier alpha value is -3.79. The summed E-state index contributed by atoms with van der Waals surface area (Å²) >= 11 is 2.32. The number of carbonyl (C=O) groups excluding carboxylic acids is 2. The van der Waals surface area contributed by atoms with Crippen molar-refractivity contribution in [2.24, 2.45) is 12.2 Å². The Morgan fingerprint density at radius 1 is 1.43 bits per heavy atom. The van der Waals surface area contributed by atoms with Crippen molar-refractivity contribution in [3.8, 4) is 0 Å². The van der Waals surface area contributed by atoms with Crippen LogP contribution in [0.25, 0.3) is 0 Å². The number of aromatic amines is 1. The topological polar surface area (TPSA) is 189 Å². The Kier molecular flexibility index (Phi) is 6.83. The van der Waals surface area contributed by atoms with Gasteiger partial charge in [-0.05, 0) is 17.7 Å². The number of hydrogen-bond acceptors (Lipinski definition) is 11. The molecule has 2 amide bonds. The van der Waals surface area contributed by atoms with E-state index in [9.17, 15) is 29.1 Å². The minimum atomic E-state index is -1.30. The molecule has 14 nitrogen and oxygen atoms in total. The van der Waals surface area contributed by atoms with Crippen LogP contribution in [0.5, 0.6) is 0 Å². The molecule has 4 rings (SSSR count). The van der Waals surface area contributed by atoms with E-state index in [1.807, 2.05) is 0 Å². The van der Waals surface area contributed by atoms with Crippen molar-refractivity contribution < 1.29 is 28.7 Å². The summed E-state index contributed by atoms with van der Waals surface area (Å²) < 4.78 is 6.44. The molecule has 0 bridgehead atoms. The number of fused-ring (bicyclic) bond motifs is 1. The summed E-state index contributed by atoms with van der Waals surface area (Å²) in [6, 6.07) is 2.09. The highest BCUT2D eigenvalue weighted by atomic mass is 32.2. The van der Waals surface area contributed by atoms with Crippen molar-refractivity contribution >= 4 is 47.0 Å². The zero-order valence-electron chi connectivity index (χ0n) is 18.2. The van der Waals surface area contributed by atoms with Gasteiger partial charge in [-0.2, -0.15) is 4.98 Å². The minimum absolute atomic E-state index is 0.109. The number of aryl methyl sites for hydroxylation is 1. The molecular weight excluding hydrogens is 504 g/mol. The highest BCUT2D eigenvalue weighted by Gasteiger charge is 2.54. The number of amides is 2. The molecule has 1 fully saturated rings. The first-order chi connectivity index (χ1) is 16.7. The van der Waals surface area contributed by atoms with Crippen molar-refractivity contribution in [1.82, 2.24) is 25.0 Å². The summed E-state index contributed by atoms with van der Waals surface area (Å²) in [6.45, 7) is 0. The molecule has 2 aliphatic rings. The molecule has 0 unspecified atom stereocenters. The van der Waals surface area contributed by atoms with Crippen LogP contribution in [-0.2, 0) is 26.3 Å². The van der Waals surface area contributed by atoms with Gasteiger partial charge in [0.05, 0.1) is 6.26 Å². The fourth-order valence-corrected chi connectivity index (χ4v) is 5.85. The van der Waals surface area contributed by atoms with Gasteiger partial charge < -0.3 is 19.7 Å². The van der Waals surface area contributed by atoms with Gasteiger partial charge in [-0.1, -0.05) is 16.9 Å². The number of thioether (sulfide) groups is 2. The lowest BCUT2D eigenvalue weighted by Crippen LogP contribution is -2.71. The molecule has 0 radical (unpaired) electrons. The van der Waals surface area contributed by atoms with Gasteiger partial charge in [-0.15, -0.1) is 11.8 Å². The largest absolute Gasteiger partial charge is 0.477 e.